The molecule has 5 heteroatoms. The van der Waals surface area contributed by atoms with E-state index in [2.05, 4.69) is 55.1 Å². The summed E-state index contributed by atoms with van der Waals surface area (Å²) in [4.78, 5) is 2.55. The second kappa shape index (κ2) is 6.05. The van der Waals surface area contributed by atoms with Crippen LogP contribution >= 0.6 is 15.9 Å². The predicted molar refractivity (Wildman–Crippen MR) is 92.6 cm³/mol. The van der Waals surface area contributed by atoms with Gasteiger partial charge in [-0.05, 0) is 50.6 Å². The molecule has 116 valence electrons. The Balaban J connectivity index is 1.67. The van der Waals surface area contributed by atoms with Crippen molar-refractivity contribution < 1.29 is 0 Å². The molecule has 0 spiro atoms. The number of piperidine rings is 1. The lowest BCUT2D eigenvalue weighted by atomic mass is 10.1. The number of hydrogen-bond donors (Lipinski definition) is 1. The van der Waals surface area contributed by atoms with Gasteiger partial charge < -0.3 is 5.32 Å². The summed E-state index contributed by atoms with van der Waals surface area (Å²) in [5.74, 6) is 1.19. The fourth-order valence-electron chi connectivity index (χ4n) is 3.50. The monoisotopic (exact) mass is 360 g/mol. The van der Waals surface area contributed by atoms with E-state index in [0.29, 0.717) is 0 Å². The molecule has 1 fully saturated rings. The average Bonchev–Trinajstić information content (AvgIpc) is 3.12. The highest BCUT2D eigenvalue weighted by molar-refractivity contribution is 9.10. The van der Waals surface area contributed by atoms with Crippen molar-refractivity contribution >= 4 is 21.7 Å². The van der Waals surface area contributed by atoms with Crippen LogP contribution in [0.5, 0.6) is 0 Å². The molecule has 4 rings (SSSR count). The van der Waals surface area contributed by atoms with Gasteiger partial charge in [-0.2, -0.15) is 5.10 Å². The largest absolute Gasteiger partial charge is 0.369 e. The Bertz CT molecular complexity index is 673. The van der Waals surface area contributed by atoms with E-state index in [0.717, 1.165) is 29.7 Å². The molecule has 2 aliphatic rings. The van der Waals surface area contributed by atoms with Gasteiger partial charge in [0, 0.05) is 23.1 Å². The summed E-state index contributed by atoms with van der Waals surface area (Å²) >= 11 is 3.56. The number of anilines is 1. The van der Waals surface area contributed by atoms with Crippen LogP contribution in [0.15, 0.2) is 28.7 Å². The van der Waals surface area contributed by atoms with Crippen LogP contribution in [-0.2, 0) is 13.0 Å². The third-order valence-electron chi connectivity index (χ3n) is 4.61. The number of aromatic nitrogens is 2. The van der Waals surface area contributed by atoms with Crippen molar-refractivity contribution in [3.05, 3.63) is 40.0 Å². The second-order valence-electron chi connectivity index (χ2n) is 6.18. The van der Waals surface area contributed by atoms with Crippen LogP contribution in [0.3, 0.4) is 0 Å². The highest BCUT2D eigenvalue weighted by Gasteiger charge is 2.24. The van der Waals surface area contributed by atoms with Gasteiger partial charge in [0.25, 0.3) is 0 Å². The number of fused-ring (bicyclic) bond motifs is 1. The Labute approximate surface area is 139 Å². The lowest BCUT2D eigenvalue weighted by Gasteiger charge is -2.25. The van der Waals surface area contributed by atoms with Crippen LogP contribution in [-0.4, -0.2) is 34.3 Å². The van der Waals surface area contributed by atoms with E-state index in [1.165, 1.54) is 49.4 Å². The molecule has 2 aromatic rings. The minimum atomic E-state index is 0.991. The van der Waals surface area contributed by atoms with Crippen molar-refractivity contribution in [3.63, 3.8) is 0 Å². The van der Waals surface area contributed by atoms with Gasteiger partial charge in [-0.25, -0.2) is 4.68 Å². The number of benzene rings is 1. The van der Waals surface area contributed by atoms with Gasteiger partial charge in [-0.1, -0.05) is 28.4 Å². The summed E-state index contributed by atoms with van der Waals surface area (Å²) in [6, 6.07) is 8.35. The minimum Gasteiger partial charge on any atom is -0.369 e. The zero-order chi connectivity index (χ0) is 14.9. The maximum absolute atomic E-state index is 4.93. The molecule has 0 aliphatic carbocycles. The Kier molecular flexibility index (Phi) is 3.92. The molecule has 1 saturated heterocycles. The van der Waals surface area contributed by atoms with E-state index in [9.17, 15) is 0 Å². The molecule has 3 heterocycles. The van der Waals surface area contributed by atoms with E-state index in [1.54, 1.807) is 0 Å². The number of rotatable bonds is 3. The molecule has 0 atom stereocenters. The molecule has 1 N–H and O–H groups in total. The van der Waals surface area contributed by atoms with Gasteiger partial charge in [0.1, 0.15) is 5.82 Å². The van der Waals surface area contributed by atoms with E-state index in [4.69, 9.17) is 5.10 Å². The highest BCUT2D eigenvalue weighted by Crippen LogP contribution is 2.30. The molecule has 22 heavy (non-hydrogen) atoms. The van der Waals surface area contributed by atoms with Crippen molar-refractivity contribution in [2.75, 3.05) is 25.0 Å². The van der Waals surface area contributed by atoms with E-state index in [1.807, 2.05) is 0 Å². The summed E-state index contributed by atoms with van der Waals surface area (Å²) in [5, 5.41) is 8.44. The number of nitrogens with one attached hydrogen (secondary N) is 1. The Hall–Kier alpha value is -1.33. The molecule has 0 amide bonds. The molecule has 0 saturated carbocycles. The fraction of sp³-hybridized carbons (Fsp3) is 0.471. The van der Waals surface area contributed by atoms with Gasteiger partial charge >= 0.3 is 0 Å². The molecular weight excluding hydrogens is 340 g/mol. The van der Waals surface area contributed by atoms with Crippen LogP contribution in [0.2, 0.25) is 0 Å². The lowest BCUT2D eigenvalue weighted by Crippen LogP contribution is -2.29. The molecule has 0 bridgehead atoms. The maximum atomic E-state index is 4.93. The van der Waals surface area contributed by atoms with Crippen molar-refractivity contribution in [1.29, 1.82) is 0 Å². The summed E-state index contributed by atoms with van der Waals surface area (Å²) in [5.41, 5.74) is 3.78. The summed E-state index contributed by atoms with van der Waals surface area (Å²) in [6.07, 6.45) is 5.12. The third kappa shape index (κ3) is 2.68. The zero-order valence-corrected chi connectivity index (χ0v) is 14.3. The molecule has 1 aromatic carbocycles. The number of nitrogens with zero attached hydrogens (tertiary/aromatic N) is 3. The van der Waals surface area contributed by atoms with Crippen molar-refractivity contribution in [1.82, 2.24) is 14.7 Å². The first kappa shape index (κ1) is 14.3. The SMILES string of the molecule is Brc1cccc(-n2nc(CN3CCCCC3)c3c2NCC3)c1. The Morgan fingerprint density at radius 3 is 2.86 bits per heavy atom. The Morgan fingerprint density at radius 1 is 1.18 bits per heavy atom. The van der Waals surface area contributed by atoms with Crippen LogP contribution in [0.1, 0.15) is 30.5 Å². The first-order chi connectivity index (χ1) is 10.8. The first-order valence-electron chi connectivity index (χ1n) is 8.14. The minimum absolute atomic E-state index is 0.991. The zero-order valence-electron chi connectivity index (χ0n) is 12.7. The third-order valence-corrected chi connectivity index (χ3v) is 5.10. The van der Waals surface area contributed by atoms with E-state index < -0.39 is 0 Å². The number of likely N-dealkylation sites (tertiary alicyclic amines) is 1. The predicted octanol–water partition coefficient (Wildman–Crippen LogP) is 3.59. The fourth-order valence-corrected chi connectivity index (χ4v) is 3.88. The van der Waals surface area contributed by atoms with Crippen LogP contribution in [0.25, 0.3) is 5.69 Å². The van der Waals surface area contributed by atoms with Gasteiger partial charge in [0.2, 0.25) is 0 Å². The Morgan fingerprint density at radius 2 is 2.05 bits per heavy atom. The molecule has 1 aromatic heterocycles. The highest BCUT2D eigenvalue weighted by atomic mass is 79.9. The summed E-state index contributed by atoms with van der Waals surface area (Å²) < 4.78 is 3.16. The van der Waals surface area contributed by atoms with Crippen molar-refractivity contribution in [2.45, 2.75) is 32.2 Å². The van der Waals surface area contributed by atoms with Crippen LogP contribution < -0.4 is 5.32 Å². The second-order valence-corrected chi connectivity index (χ2v) is 7.09. The molecular formula is C17H21BrN4. The topological polar surface area (TPSA) is 33.1 Å². The molecule has 0 radical (unpaired) electrons. The smallest absolute Gasteiger partial charge is 0.133 e. The lowest BCUT2D eigenvalue weighted by molar-refractivity contribution is 0.217. The first-order valence-corrected chi connectivity index (χ1v) is 8.93. The maximum Gasteiger partial charge on any atom is 0.133 e. The van der Waals surface area contributed by atoms with Crippen molar-refractivity contribution in [3.8, 4) is 5.69 Å². The molecule has 0 unspecified atom stereocenters. The van der Waals surface area contributed by atoms with E-state index >= 15 is 0 Å². The van der Waals surface area contributed by atoms with Crippen molar-refractivity contribution in [2.24, 2.45) is 0 Å². The quantitative estimate of drug-likeness (QED) is 0.907. The molecule has 4 nitrogen and oxygen atoms in total. The number of halogens is 1. The van der Waals surface area contributed by atoms with Gasteiger partial charge in [-0.15, -0.1) is 0 Å². The standard InChI is InChI=1S/C17H21BrN4/c18-13-5-4-6-14(11-13)22-17-15(7-8-19-17)16(20-22)12-21-9-2-1-3-10-21/h4-6,11,19H,1-3,7-10,12H2. The average molecular weight is 361 g/mol. The van der Waals surface area contributed by atoms with Gasteiger partial charge in [0.15, 0.2) is 0 Å². The van der Waals surface area contributed by atoms with Crippen LogP contribution in [0, 0.1) is 0 Å². The van der Waals surface area contributed by atoms with Gasteiger partial charge in [0.05, 0.1) is 11.4 Å². The van der Waals surface area contributed by atoms with Gasteiger partial charge in [-0.3, -0.25) is 4.90 Å². The number of hydrogen-bond acceptors (Lipinski definition) is 3. The van der Waals surface area contributed by atoms with Crippen LogP contribution in [0.4, 0.5) is 5.82 Å². The normalized spacial score (nSPS) is 18.2. The summed E-state index contributed by atoms with van der Waals surface area (Å²) in [7, 11) is 0. The van der Waals surface area contributed by atoms with E-state index in [-0.39, 0.29) is 0 Å². The molecule has 2 aliphatic heterocycles. The summed E-state index contributed by atoms with van der Waals surface area (Å²) in [6.45, 7) is 4.44.